The van der Waals surface area contributed by atoms with Crippen molar-refractivity contribution in [3.63, 3.8) is 0 Å². The SMILES string of the molecule is [N-]=[N+]=Nc1ccc2sc(C(=O)O)cc2c1. The topological polar surface area (TPSA) is 86.1 Å². The second-order valence-electron chi connectivity index (χ2n) is 2.83. The van der Waals surface area contributed by atoms with E-state index in [0.717, 1.165) is 10.1 Å². The summed E-state index contributed by atoms with van der Waals surface area (Å²) >= 11 is 1.20. The minimum absolute atomic E-state index is 0.281. The summed E-state index contributed by atoms with van der Waals surface area (Å²) in [7, 11) is 0. The van der Waals surface area contributed by atoms with E-state index in [1.54, 1.807) is 24.3 Å². The zero-order valence-corrected chi connectivity index (χ0v) is 8.23. The van der Waals surface area contributed by atoms with E-state index in [1.165, 1.54) is 11.3 Å². The van der Waals surface area contributed by atoms with Crippen LogP contribution < -0.4 is 0 Å². The van der Waals surface area contributed by atoms with E-state index >= 15 is 0 Å². The fourth-order valence-corrected chi connectivity index (χ4v) is 2.13. The van der Waals surface area contributed by atoms with E-state index in [4.69, 9.17) is 10.6 Å². The molecule has 0 radical (unpaired) electrons. The fourth-order valence-electron chi connectivity index (χ4n) is 1.25. The van der Waals surface area contributed by atoms with Crippen LogP contribution in [-0.4, -0.2) is 11.1 Å². The number of nitrogens with zero attached hydrogens (tertiary/aromatic N) is 3. The third-order valence-electron chi connectivity index (χ3n) is 1.87. The molecule has 0 saturated carbocycles. The fraction of sp³-hybridized carbons (Fsp3) is 0. The second-order valence-corrected chi connectivity index (χ2v) is 3.91. The summed E-state index contributed by atoms with van der Waals surface area (Å²) < 4.78 is 0.865. The van der Waals surface area contributed by atoms with Crippen LogP contribution in [0.15, 0.2) is 29.4 Å². The lowest BCUT2D eigenvalue weighted by molar-refractivity contribution is 0.0702. The molecule has 1 N–H and O–H groups in total. The summed E-state index contributed by atoms with van der Waals surface area (Å²) in [4.78, 5) is 13.7. The molecule has 0 bridgehead atoms. The van der Waals surface area contributed by atoms with Crippen molar-refractivity contribution in [3.05, 3.63) is 39.6 Å². The van der Waals surface area contributed by atoms with Gasteiger partial charge in [0.25, 0.3) is 0 Å². The molecule has 0 aliphatic carbocycles. The van der Waals surface area contributed by atoms with Crippen molar-refractivity contribution in [2.75, 3.05) is 0 Å². The molecule has 0 saturated heterocycles. The standard InChI is InChI=1S/C9H5N3O2S/c10-12-11-6-1-2-7-5(3-6)4-8(15-7)9(13)14/h1-4H,(H,13,14). The molecular formula is C9H5N3O2S. The number of benzene rings is 1. The van der Waals surface area contributed by atoms with Crippen LogP contribution in [0.4, 0.5) is 5.69 Å². The summed E-state index contributed by atoms with van der Waals surface area (Å²) in [6.07, 6.45) is 0. The molecule has 1 aromatic heterocycles. The lowest BCUT2D eigenvalue weighted by Gasteiger charge is -1.90. The maximum absolute atomic E-state index is 10.7. The number of hydrogen-bond acceptors (Lipinski definition) is 3. The second kappa shape index (κ2) is 3.61. The number of carboxylic acid groups (broad SMARTS) is 1. The Morgan fingerprint density at radius 2 is 2.27 bits per heavy atom. The van der Waals surface area contributed by atoms with Gasteiger partial charge in [-0.25, -0.2) is 4.79 Å². The van der Waals surface area contributed by atoms with E-state index < -0.39 is 5.97 Å². The number of thiophene rings is 1. The number of rotatable bonds is 2. The Kier molecular flexibility index (Phi) is 2.29. The smallest absolute Gasteiger partial charge is 0.345 e. The van der Waals surface area contributed by atoms with E-state index in [9.17, 15) is 4.79 Å². The summed E-state index contributed by atoms with van der Waals surface area (Å²) in [5, 5.41) is 13.0. The highest BCUT2D eigenvalue weighted by Gasteiger charge is 2.07. The van der Waals surface area contributed by atoms with Crippen LogP contribution in [0.5, 0.6) is 0 Å². The van der Waals surface area contributed by atoms with Gasteiger partial charge in [-0.15, -0.1) is 11.3 Å². The molecular weight excluding hydrogens is 214 g/mol. The molecule has 74 valence electrons. The predicted octanol–water partition coefficient (Wildman–Crippen LogP) is 3.54. The van der Waals surface area contributed by atoms with Crippen LogP contribution in [0.25, 0.3) is 20.5 Å². The monoisotopic (exact) mass is 219 g/mol. The number of carbonyl (C=O) groups is 1. The third kappa shape index (κ3) is 1.76. The molecule has 0 unspecified atom stereocenters. The van der Waals surface area contributed by atoms with Gasteiger partial charge in [0, 0.05) is 15.3 Å². The zero-order valence-electron chi connectivity index (χ0n) is 7.41. The molecule has 0 aliphatic heterocycles. The molecule has 15 heavy (non-hydrogen) atoms. The van der Waals surface area contributed by atoms with Gasteiger partial charge >= 0.3 is 5.97 Å². The predicted molar refractivity (Wildman–Crippen MR) is 57.6 cm³/mol. The maximum atomic E-state index is 10.7. The number of hydrogen-bond donors (Lipinski definition) is 1. The van der Waals surface area contributed by atoms with Gasteiger partial charge in [0.1, 0.15) is 4.88 Å². The lowest BCUT2D eigenvalue weighted by Crippen LogP contribution is -1.89. The van der Waals surface area contributed by atoms with E-state index in [0.29, 0.717) is 5.69 Å². The molecule has 5 nitrogen and oxygen atoms in total. The first-order valence-electron chi connectivity index (χ1n) is 4.02. The van der Waals surface area contributed by atoms with Crippen molar-refractivity contribution in [1.82, 2.24) is 0 Å². The summed E-state index contributed by atoms with van der Waals surface area (Å²) in [5.74, 6) is -0.943. The van der Waals surface area contributed by atoms with E-state index in [1.807, 2.05) is 0 Å². The van der Waals surface area contributed by atoms with Crippen LogP contribution in [0.3, 0.4) is 0 Å². The molecule has 0 atom stereocenters. The van der Waals surface area contributed by atoms with Crippen molar-refractivity contribution in [1.29, 1.82) is 0 Å². The maximum Gasteiger partial charge on any atom is 0.345 e. The minimum Gasteiger partial charge on any atom is -0.477 e. The normalized spacial score (nSPS) is 9.87. The van der Waals surface area contributed by atoms with Crippen molar-refractivity contribution in [2.45, 2.75) is 0 Å². The average Bonchev–Trinajstić information content (AvgIpc) is 2.61. The van der Waals surface area contributed by atoms with E-state index in [-0.39, 0.29) is 4.88 Å². The zero-order chi connectivity index (χ0) is 10.8. The van der Waals surface area contributed by atoms with Crippen molar-refractivity contribution >= 4 is 33.1 Å². The Balaban J connectivity index is 2.61. The minimum atomic E-state index is -0.943. The first-order chi connectivity index (χ1) is 7.20. The molecule has 1 aromatic carbocycles. The van der Waals surface area contributed by atoms with Gasteiger partial charge in [0.05, 0.1) is 0 Å². The molecule has 6 heteroatoms. The lowest BCUT2D eigenvalue weighted by atomic mass is 10.2. The van der Waals surface area contributed by atoms with E-state index in [2.05, 4.69) is 10.0 Å². The van der Waals surface area contributed by atoms with Gasteiger partial charge < -0.3 is 5.11 Å². The molecule has 1 heterocycles. The van der Waals surface area contributed by atoms with Gasteiger partial charge in [-0.05, 0) is 29.1 Å². The van der Waals surface area contributed by atoms with Gasteiger partial charge in [-0.1, -0.05) is 11.2 Å². The van der Waals surface area contributed by atoms with Gasteiger partial charge in [0.2, 0.25) is 0 Å². The molecule has 0 aliphatic rings. The first kappa shape index (κ1) is 9.51. The first-order valence-corrected chi connectivity index (χ1v) is 4.84. The molecule has 0 spiro atoms. The highest BCUT2D eigenvalue weighted by atomic mass is 32.1. The van der Waals surface area contributed by atoms with Gasteiger partial charge in [-0.2, -0.15) is 0 Å². The number of fused-ring (bicyclic) bond motifs is 1. The average molecular weight is 219 g/mol. The van der Waals surface area contributed by atoms with Crippen molar-refractivity contribution in [2.24, 2.45) is 5.11 Å². The number of azide groups is 1. The van der Waals surface area contributed by atoms with Crippen molar-refractivity contribution < 1.29 is 9.90 Å². The van der Waals surface area contributed by atoms with Gasteiger partial charge in [0.15, 0.2) is 0 Å². The highest BCUT2D eigenvalue weighted by Crippen LogP contribution is 2.29. The van der Waals surface area contributed by atoms with Gasteiger partial charge in [-0.3, -0.25) is 0 Å². The Labute approximate surface area is 88.2 Å². The Morgan fingerprint density at radius 1 is 1.47 bits per heavy atom. The number of aromatic carboxylic acids is 1. The molecule has 2 rings (SSSR count). The van der Waals surface area contributed by atoms with Crippen LogP contribution in [0.2, 0.25) is 0 Å². The Morgan fingerprint density at radius 3 is 2.93 bits per heavy atom. The van der Waals surface area contributed by atoms with Crippen LogP contribution >= 0.6 is 11.3 Å². The van der Waals surface area contributed by atoms with Crippen molar-refractivity contribution in [3.8, 4) is 0 Å². The highest BCUT2D eigenvalue weighted by molar-refractivity contribution is 7.20. The summed E-state index contributed by atoms with van der Waals surface area (Å²) in [5.41, 5.74) is 8.74. The Hall–Kier alpha value is -2.04. The summed E-state index contributed by atoms with van der Waals surface area (Å²) in [6, 6.07) is 6.64. The molecule has 2 aromatic rings. The summed E-state index contributed by atoms with van der Waals surface area (Å²) in [6.45, 7) is 0. The quantitative estimate of drug-likeness (QED) is 0.475. The van der Waals surface area contributed by atoms with Crippen LogP contribution in [0, 0.1) is 0 Å². The largest absolute Gasteiger partial charge is 0.477 e. The Bertz CT molecular complexity index is 584. The van der Waals surface area contributed by atoms with Crippen LogP contribution in [0.1, 0.15) is 9.67 Å². The third-order valence-corrected chi connectivity index (χ3v) is 2.97. The van der Waals surface area contributed by atoms with Crippen LogP contribution in [-0.2, 0) is 0 Å². The number of carboxylic acids is 1. The molecule has 0 fully saturated rings. The molecule has 0 amide bonds.